The Morgan fingerprint density at radius 2 is 2.42 bits per heavy atom. The van der Waals surface area contributed by atoms with Crippen LogP contribution in [0.25, 0.3) is 0 Å². The SMILES string of the molecule is Cc1cc([N+](=O)[O-])c(Cl)cc1NCC1COCCN1. The molecule has 1 aromatic rings. The summed E-state index contributed by atoms with van der Waals surface area (Å²) >= 11 is 5.90. The van der Waals surface area contributed by atoms with E-state index in [0.29, 0.717) is 13.2 Å². The number of nitro benzene ring substituents is 1. The van der Waals surface area contributed by atoms with Crippen molar-refractivity contribution >= 4 is 23.0 Å². The van der Waals surface area contributed by atoms with Crippen molar-refractivity contribution in [2.75, 3.05) is 31.6 Å². The molecule has 2 rings (SSSR count). The summed E-state index contributed by atoms with van der Waals surface area (Å²) in [5.74, 6) is 0. The van der Waals surface area contributed by atoms with Crippen LogP contribution in [0.15, 0.2) is 12.1 Å². The molecular weight excluding hydrogens is 270 g/mol. The molecule has 0 spiro atoms. The monoisotopic (exact) mass is 285 g/mol. The standard InChI is InChI=1S/C12H16ClN3O3/c1-8-4-12(16(17)18)10(13)5-11(8)15-6-9-7-19-3-2-14-9/h4-5,9,14-15H,2-3,6-7H2,1H3. The molecule has 0 aliphatic carbocycles. The minimum atomic E-state index is -0.477. The minimum Gasteiger partial charge on any atom is -0.383 e. The largest absolute Gasteiger partial charge is 0.383 e. The molecule has 104 valence electrons. The fraction of sp³-hybridized carbons (Fsp3) is 0.500. The van der Waals surface area contributed by atoms with E-state index in [-0.39, 0.29) is 16.8 Å². The van der Waals surface area contributed by atoms with E-state index in [4.69, 9.17) is 16.3 Å². The molecule has 0 amide bonds. The number of morpholine rings is 1. The summed E-state index contributed by atoms with van der Waals surface area (Å²) in [5.41, 5.74) is 1.54. The highest BCUT2D eigenvalue weighted by Crippen LogP contribution is 2.30. The third kappa shape index (κ3) is 3.56. The maximum Gasteiger partial charge on any atom is 0.288 e. The topological polar surface area (TPSA) is 76.4 Å². The van der Waals surface area contributed by atoms with Crippen LogP contribution in [0.5, 0.6) is 0 Å². The van der Waals surface area contributed by atoms with Gasteiger partial charge in [-0.25, -0.2) is 0 Å². The Labute approximate surface area is 116 Å². The lowest BCUT2D eigenvalue weighted by Crippen LogP contribution is -2.45. The molecule has 7 heteroatoms. The van der Waals surface area contributed by atoms with E-state index in [9.17, 15) is 10.1 Å². The average Bonchev–Trinajstić information content (AvgIpc) is 2.40. The lowest BCUT2D eigenvalue weighted by molar-refractivity contribution is -0.384. The predicted octanol–water partition coefficient (Wildman–Crippen LogP) is 1.96. The molecular formula is C12H16ClN3O3. The Morgan fingerprint density at radius 3 is 3.05 bits per heavy atom. The van der Waals surface area contributed by atoms with Gasteiger partial charge in [-0.1, -0.05) is 11.6 Å². The van der Waals surface area contributed by atoms with Gasteiger partial charge in [0.25, 0.3) is 5.69 Å². The van der Waals surface area contributed by atoms with E-state index in [0.717, 1.165) is 24.4 Å². The second-order valence-corrected chi connectivity index (χ2v) is 4.89. The van der Waals surface area contributed by atoms with Crippen molar-refractivity contribution in [1.29, 1.82) is 0 Å². The van der Waals surface area contributed by atoms with Gasteiger partial charge < -0.3 is 15.4 Å². The lowest BCUT2D eigenvalue weighted by Gasteiger charge is -2.24. The molecule has 0 radical (unpaired) electrons. The number of nitrogens with zero attached hydrogens (tertiary/aromatic N) is 1. The third-order valence-electron chi connectivity index (χ3n) is 3.03. The normalized spacial score (nSPS) is 19.2. The van der Waals surface area contributed by atoms with Crippen molar-refractivity contribution in [3.05, 3.63) is 32.8 Å². The number of nitro groups is 1. The molecule has 19 heavy (non-hydrogen) atoms. The number of hydrogen-bond donors (Lipinski definition) is 2. The van der Waals surface area contributed by atoms with Crippen molar-refractivity contribution in [2.24, 2.45) is 0 Å². The summed E-state index contributed by atoms with van der Waals surface area (Å²) in [6, 6.07) is 3.32. The molecule has 1 aliphatic heterocycles. The van der Waals surface area contributed by atoms with Crippen molar-refractivity contribution in [2.45, 2.75) is 13.0 Å². The zero-order chi connectivity index (χ0) is 13.8. The Hall–Kier alpha value is -1.37. The van der Waals surface area contributed by atoms with E-state index < -0.39 is 4.92 Å². The minimum absolute atomic E-state index is 0.0659. The van der Waals surface area contributed by atoms with E-state index >= 15 is 0 Å². The molecule has 1 aliphatic rings. The summed E-state index contributed by atoms with van der Waals surface area (Å²) in [6.45, 7) is 4.74. The van der Waals surface area contributed by atoms with Gasteiger partial charge in [0.05, 0.1) is 18.1 Å². The van der Waals surface area contributed by atoms with Crippen molar-refractivity contribution in [3.63, 3.8) is 0 Å². The molecule has 1 fully saturated rings. The van der Waals surface area contributed by atoms with Crippen LogP contribution in [0.4, 0.5) is 11.4 Å². The number of anilines is 1. The van der Waals surface area contributed by atoms with Gasteiger partial charge in [-0.05, 0) is 18.6 Å². The summed E-state index contributed by atoms with van der Waals surface area (Å²) in [4.78, 5) is 10.3. The molecule has 1 aromatic carbocycles. The number of hydrogen-bond acceptors (Lipinski definition) is 5. The molecule has 0 saturated carbocycles. The Balaban J connectivity index is 2.04. The van der Waals surface area contributed by atoms with E-state index in [2.05, 4.69) is 10.6 Å². The molecule has 1 saturated heterocycles. The molecule has 2 N–H and O–H groups in total. The van der Waals surface area contributed by atoms with Crippen LogP contribution in [0, 0.1) is 17.0 Å². The smallest absolute Gasteiger partial charge is 0.288 e. The number of nitrogens with one attached hydrogen (secondary N) is 2. The number of aryl methyl sites for hydroxylation is 1. The van der Waals surface area contributed by atoms with Crippen LogP contribution in [0.3, 0.4) is 0 Å². The summed E-state index contributed by atoms with van der Waals surface area (Å²) < 4.78 is 5.36. The summed E-state index contributed by atoms with van der Waals surface area (Å²) in [5, 5.41) is 17.5. The second-order valence-electron chi connectivity index (χ2n) is 4.48. The van der Waals surface area contributed by atoms with Crippen LogP contribution >= 0.6 is 11.6 Å². The quantitative estimate of drug-likeness (QED) is 0.653. The number of ether oxygens (including phenoxy) is 1. The molecule has 1 unspecified atom stereocenters. The first-order valence-corrected chi connectivity index (χ1v) is 6.45. The van der Waals surface area contributed by atoms with Gasteiger partial charge in [-0.3, -0.25) is 10.1 Å². The van der Waals surface area contributed by atoms with Gasteiger partial charge >= 0.3 is 0 Å². The zero-order valence-corrected chi connectivity index (χ0v) is 11.4. The molecule has 0 bridgehead atoms. The molecule has 6 nitrogen and oxygen atoms in total. The second kappa shape index (κ2) is 6.18. The van der Waals surface area contributed by atoms with Gasteiger partial charge in [0.2, 0.25) is 0 Å². The maximum atomic E-state index is 10.8. The van der Waals surface area contributed by atoms with Crippen molar-refractivity contribution in [1.82, 2.24) is 5.32 Å². The van der Waals surface area contributed by atoms with E-state index in [1.54, 1.807) is 6.07 Å². The first kappa shape index (κ1) is 14.0. The summed E-state index contributed by atoms with van der Waals surface area (Å²) in [7, 11) is 0. The first-order valence-electron chi connectivity index (χ1n) is 6.07. The first-order chi connectivity index (χ1) is 9.08. The highest BCUT2D eigenvalue weighted by molar-refractivity contribution is 6.33. The number of benzene rings is 1. The predicted molar refractivity (Wildman–Crippen MR) is 73.9 cm³/mol. The van der Waals surface area contributed by atoms with E-state index in [1.807, 2.05) is 6.92 Å². The van der Waals surface area contributed by atoms with Crippen LogP contribution in [-0.4, -0.2) is 37.3 Å². The zero-order valence-electron chi connectivity index (χ0n) is 10.6. The average molecular weight is 286 g/mol. The Bertz CT molecular complexity index is 476. The van der Waals surface area contributed by atoms with Crippen molar-refractivity contribution < 1.29 is 9.66 Å². The molecule has 1 heterocycles. The van der Waals surface area contributed by atoms with Gasteiger partial charge in [0.1, 0.15) is 5.02 Å². The summed E-state index contributed by atoms with van der Waals surface area (Å²) in [6.07, 6.45) is 0. The number of halogens is 1. The Morgan fingerprint density at radius 1 is 1.63 bits per heavy atom. The van der Waals surface area contributed by atoms with Crippen LogP contribution < -0.4 is 10.6 Å². The molecule has 1 atom stereocenters. The van der Waals surface area contributed by atoms with Crippen molar-refractivity contribution in [3.8, 4) is 0 Å². The highest BCUT2D eigenvalue weighted by Gasteiger charge is 2.16. The fourth-order valence-electron chi connectivity index (χ4n) is 1.98. The van der Waals surface area contributed by atoms with Crippen LogP contribution in [0.1, 0.15) is 5.56 Å². The maximum absolute atomic E-state index is 10.8. The van der Waals surface area contributed by atoms with Gasteiger partial charge in [0.15, 0.2) is 0 Å². The highest BCUT2D eigenvalue weighted by atomic mass is 35.5. The van der Waals surface area contributed by atoms with Gasteiger partial charge in [-0.15, -0.1) is 0 Å². The lowest BCUT2D eigenvalue weighted by atomic mass is 10.1. The van der Waals surface area contributed by atoms with Gasteiger partial charge in [-0.2, -0.15) is 0 Å². The fourth-order valence-corrected chi connectivity index (χ4v) is 2.21. The Kier molecular flexibility index (Phi) is 4.57. The van der Waals surface area contributed by atoms with Gasteiger partial charge in [0, 0.05) is 30.9 Å². The van der Waals surface area contributed by atoms with E-state index in [1.165, 1.54) is 6.07 Å². The number of rotatable bonds is 4. The van der Waals surface area contributed by atoms with Crippen LogP contribution in [-0.2, 0) is 4.74 Å². The van der Waals surface area contributed by atoms with Crippen LogP contribution in [0.2, 0.25) is 5.02 Å². The third-order valence-corrected chi connectivity index (χ3v) is 3.33. The molecule has 0 aromatic heterocycles.